The van der Waals surface area contributed by atoms with Crippen LogP contribution >= 0.6 is 15.9 Å². The molecular weight excluding hydrogens is 256 g/mol. The molecule has 0 bridgehead atoms. The summed E-state index contributed by atoms with van der Waals surface area (Å²) in [6.45, 7) is 5.67. The Morgan fingerprint density at radius 1 is 1.40 bits per heavy atom. The largest absolute Gasteiger partial charge is 0.348 e. The number of carbonyl (C=O) groups excluding carboxylic acids is 1. The van der Waals surface area contributed by atoms with Gasteiger partial charge in [0.25, 0.3) is 0 Å². The summed E-state index contributed by atoms with van der Waals surface area (Å²) in [5.74, 6) is 0.0510. The van der Waals surface area contributed by atoms with Gasteiger partial charge in [-0.2, -0.15) is 0 Å². The van der Waals surface area contributed by atoms with Crippen LogP contribution in [0.4, 0.5) is 0 Å². The lowest BCUT2D eigenvalue weighted by molar-refractivity contribution is -0.124. The molecule has 1 aromatic heterocycles. The zero-order valence-corrected chi connectivity index (χ0v) is 10.7. The van der Waals surface area contributed by atoms with Crippen molar-refractivity contribution < 1.29 is 4.79 Å². The molecule has 0 saturated heterocycles. The second-order valence-electron chi connectivity index (χ2n) is 3.79. The normalized spacial score (nSPS) is 12.6. The van der Waals surface area contributed by atoms with Gasteiger partial charge in [-0.1, -0.05) is 13.8 Å². The molecule has 1 amide bonds. The Morgan fingerprint density at radius 3 is 2.53 bits per heavy atom. The van der Waals surface area contributed by atoms with Crippen LogP contribution in [-0.4, -0.2) is 10.9 Å². The molecular formula is C11H15BrN2O. The SMILES string of the molecule is CC(C)C(=O)NC(C)c1ccc(Br)cn1. The first-order valence-corrected chi connectivity index (χ1v) is 5.72. The van der Waals surface area contributed by atoms with Crippen molar-refractivity contribution >= 4 is 21.8 Å². The van der Waals surface area contributed by atoms with E-state index in [-0.39, 0.29) is 17.9 Å². The van der Waals surface area contributed by atoms with E-state index in [4.69, 9.17) is 0 Å². The third-order valence-corrected chi connectivity index (χ3v) is 2.55. The molecule has 1 aromatic rings. The van der Waals surface area contributed by atoms with Crippen LogP contribution in [0.2, 0.25) is 0 Å². The highest BCUT2D eigenvalue weighted by Crippen LogP contribution is 2.13. The lowest BCUT2D eigenvalue weighted by atomic mass is 10.1. The third kappa shape index (κ3) is 3.63. The number of pyridine rings is 1. The molecule has 0 fully saturated rings. The van der Waals surface area contributed by atoms with E-state index >= 15 is 0 Å². The topological polar surface area (TPSA) is 42.0 Å². The van der Waals surface area contributed by atoms with Gasteiger partial charge in [-0.3, -0.25) is 9.78 Å². The number of rotatable bonds is 3. The number of nitrogens with one attached hydrogen (secondary N) is 1. The van der Waals surface area contributed by atoms with Crippen LogP contribution in [-0.2, 0) is 4.79 Å². The summed E-state index contributed by atoms with van der Waals surface area (Å²) >= 11 is 3.32. The highest BCUT2D eigenvalue weighted by atomic mass is 79.9. The van der Waals surface area contributed by atoms with Crippen LogP contribution in [0.3, 0.4) is 0 Å². The fourth-order valence-corrected chi connectivity index (χ4v) is 1.33. The van der Waals surface area contributed by atoms with Gasteiger partial charge in [0.15, 0.2) is 0 Å². The summed E-state index contributed by atoms with van der Waals surface area (Å²) in [5, 5.41) is 2.90. The minimum Gasteiger partial charge on any atom is -0.348 e. The van der Waals surface area contributed by atoms with Crippen molar-refractivity contribution in [1.29, 1.82) is 0 Å². The average Bonchev–Trinajstić information content (AvgIpc) is 2.18. The summed E-state index contributed by atoms with van der Waals surface area (Å²) < 4.78 is 0.939. The Balaban J connectivity index is 2.65. The van der Waals surface area contributed by atoms with Crippen molar-refractivity contribution in [3.63, 3.8) is 0 Å². The molecule has 0 aliphatic rings. The van der Waals surface area contributed by atoms with Crippen molar-refractivity contribution in [2.75, 3.05) is 0 Å². The number of hydrogen-bond donors (Lipinski definition) is 1. The lowest BCUT2D eigenvalue weighted by Gasteiger charge is -2.14. The quantitative estimate of drug-likeness (QED) is 0.918. The Hall–Kier alpha value is -0.900. The summed E-state index contributed by atoms with van der Waals surface area (Å²) in [4.78, 5) is 15.7. The zero-order chi connectivity index (χ0) is 11.4. The van der Waals surface area contributed by atoms with Crippen molar-refractivity contribution in [2.24, 2.45) is 5.92 Å². The highest BCUT2D eigenvalue weighted by Gasteiger charge is 2.12. The van der Waals surface area contributed by atoms with Crippen LogP contribution in [0.15, 0.2) is 22.8 Å². The maximum Gasteiger partial charge on any atom is 0.223 e. The molecule has 0 radical (unpaired) electrons. The predicted octanol–water partition coefficient (Wildman–Crippen LogP) is 2.68. The zero-order valence-electron chi connectivity index (χ0n) is 9.12. The number of halogens is 1. The van der Waals surface area contributed by atoms with Crippen LogP contribution in [0.25, 0.3) is 0 Å². The fraction of sp³-hybridized carbons (Fsp3) is 0.455. The average molecular weight is 271 g/mol. The number of nitrogens with zero attached hydrogens (tertiary/aromatic N) is 1. The van der Waals surface area contributed by atoms with E-state index in [9.17, 15) is 4.79 Å². The molecule has 82 valence electrons. The first kappa shape index (κ1) is 12.2. The molecule has 0 aliphatic carbocycles. The first-order valence-electron chi connectivity index (χ1n) is 4.92. The predicted molar refractivity (Wildman–Crippen MR) is 63.3 cm³/mol. The summed E-state index contributed by atoms with van der Waals surface area (Å²) in [6.07, 6.45) is 1.73. The Labute approximate surface area is 98.4 Å². The molecule has 1 atom stereocenters. The molecule has 0 spiro atoms. The van der Waals surface area contributed by atoms with Gasteiger partial charge >= 0.3 is 0 Å². The Bertz CT molecular complexity index is 335. The van der Waals surface area contributed by atoms with Crippen molar-refractivity contribution in [1.82, 2.24) is 10.3 Å². The van der Waals surface area contributed by atoms with Gasteiger partial charge in [-0.25, -0.2) is 0 Å². The molecule has 1 N–H and O–H groups in total. The smallest absolute Gasteiger partial charge is 0.223 e. The van der Waals surface area contributed by atoms with Gasteiger partial charge in [0.1, 0.15) is 0 Å². The van der Waals surface area contributed by atoms with E-state index in [0.29, 0.717) is 0 Å². The Morgan fingerprint density at radius 2 is 2.07 bits per heavy atom. The molecule has 1 heterocycles. The maximum absolute atomic E-state index is 11.4. The standard InChI is InChI=1S/C11H15BrN2O/c1-7(2)11(15)14-8(3)10-5-4-9(12)6-13-10/h4-8H,1-3H3,(H,14,15). The van der Waals surface area contributed by atoms with E-state index in [1.54, 1.807) is 6.20 Å². The van der Waals surface area contributed by atoms with Gasteiger partial charge in [0.05, 0.1) is 11.7 Å². The number of amides is 1. The van der Waals surface area contributed by atoms with Gasteiger partial charge in [0, 0.05) is 16.6 Å². The molecule has 0 aromatic carbocycles. The minimum absolute atomic E-state index is 0.00268. The van der Waals surface area contributed by atoms with Gasteiger partial charge in [0.2, 0.25) is 5.91 Å². The van der Waals surface area contributed by atoms with Crippen LogP contribution in [0.5, 0.6) is 0 Å². The molecule has 1 rings (SSSR count). The van der Waals surface area contributed by atoms with E-state index in [1.165, 1.54) is 0 Å². The highest BCUT2D eigenvalue weighted by molar-refractivity contribution is 9.10. The first-order chi connectivity index (χ1) is 7.00. The summed E-state index contributed by atoms with van der Waals surface area (Å²) in [6, 6.07) is 3.77. The van der Waals surface area contributed by atoms with Crippen LogP contribution in [0.1, 0.15) is 32.5 Å². The van der Waals surface area contributed by atoms with Crippen LogP contribution < -0.4 is 5.32 Å². The van der Waals surface area contributed by atoms with Crippen molar-refractivity contribution in [3.8, 4) is 0 Å². The second kappa shape index (κ2) is 5.26. The van der Waals surface area contributed by atoms with Gasteiger partial charge < -0.3 is 5.32 Å². The Kier molecular flexibility index (Phi) is 4.27. The van der Waals surface area contributed by atoms with E-state index in [1.807, 2.05) is 32.9 Å². The molecule has 1 unspecified atom stereocenters. The van der Waals surface area contributed by atoms with Gasteiger partial charge in [-0.15, -0.1) is 0 Å². The molecule has 4 heteroatoms. The number of hydrogen-bond acceptors (Lipinski definition) is 2. The second-order valence-corrected chi connectivity index (χ2v) is 4.70. The molecule has 0 saturated carbocycles. The van der Waals surface area contributed by atoms with Crippen LogP contribution in [0, 0.1) is 5.92 Å². The fourth-order valence-electron chi connectivity index (χ4n) is 1.10. The monoisotopic (exact) mass is 270 g/mol. The van der Waals surface area contributed by atoms with Crippen molar-refractivity contribution in [3.05, 3.63) is 28.5 Å². The van der Waals surface area contributed by atoms with E-state index in [2.05, 4.69) is 26.2 Å². The van der Waals surface area contributed by atoms with E-state index < -0.39 is 0 Å². The number of carbonyl (C=O) groups is 1. The minimum atomic E-state index is -0.0481. The molecule has 0 aliphatic heterocycles. The lowest BCUT2D eigenvalue weighted by Crippen LogP contribution is -2.30. The van der Waals surface area contributed by atoms with Crippen molar-refractivity contribution in [2.45, 2.75) is 26.8 Å². The summed E-state index contributed by atoms with van der Waals surface area (Å²) in [5.41, 5.74) is 0.868. The van der Waals surface area contributed by atoms with Gasteiger partial charge in [-0.05, 0) is 35.0 Å². The number of aromatic nitrogens is 1. The molecule has 15 heavy (non-hydrogen) atoms. The third-order valence-electron chi connectivity index (χ3n) is 2.08. The van der Waals surface area contributed by atoms with E-state index in [0.717, 1.165) is 10.2 Å². The molecule has 3 nitrogen and oxygen atoms in total. The maximum atomic E-state index is 11.4. The summed E-state index contributed by atoms with van der Waals surface area (Å²) in [7, 11) is 0.